The molecule has 1 saturated heterocycles. The fraction of sp³-hybridized carbons (Fsp3) is 0.630. The highest BCUT2D eigenvalue weighted by molar-refractivity contribution is 7.15. The number of nitrogens with zero attached hydrogens (tertiary/aromatic N) is 7. The standard InChI is InChI=1S/C27H41N7OSSi/c1-32-12-7-13-33(15-14-32)22-18-24-23(28-19-22)10-11-25(29-24)34(20-35-16-17-37(2,3)4)27-31-30-26(36-27)21-8-5-6-9-21/h10-11,18-19,21H,5-9,12-17,20H2,1-4H3. The molecule has 0 bridgehead atoms. The van der Waals surface area contributed by atoms with Gasteiger partial charge in [0.25, 0.3) is 0 Å². The van der Waals surface area contributed by atoms with Gasteiger partial charge in [-0.2, -0.15) is 0 Å². The topological polar surface area (TPSA) is 70.5 Å². The van der Waals surface area contributed by atoms with Crippen molar-refractivity contribution in [3.05, 3.63) is 29.4 Å². The average molecular weight is 540 g/mol. The maximum Gasteiger partial charge on any atom is 0.215 e. The Kier molecular flexibility index (Phi) is 8.38. The summed E-state index contributed by atoms with van der Waals surface area (Å²) in [4.78, 5) is 16.7. The summed E-state index contributed by atoms with van der Waals surface area (Å²) in [7, 11) is 1.03. The number of hydrogen-bond donors (Lipinski definition) is 0. The third-order valence-corrected chi connectivity index (χ3v) is 10.3. The summed E-state index contributed by atoms with van der Waals surface area (Å²) in [6, 6.07) is 7.42. The van der Waals surface area contributed by atoms with E-state index in [0.717, 1.165) is 77.9 Å². The van der Waals surface area contributed by atoms with Gasteiger partial charge in [0.2, 0.25) is 5.13 Å². The molecular weight excluding hydrogens is 498 g/mol. The first-order valence-corrected chi connectivity index (χ1v) is 18.3. The van der Waals surface area contributed by atoms with Gasteiger partial charge in [-0.3, -0.25) is 9.88 Å². The van der Waals surface area contributed by atoms with Gasteiger partial charge >= 0.3 is 0 Å². The van der Waals surface area contributed by atoms with Gasteiger partial charge in [0.05, 0.1) is 22.9 Å². The Morgan fingerprint density at radius 1 is 1.03 bits per heavy atom. The lowest BCUT2D eigenvalue weighted by Gasteiger charge is -2.24. The van der Waals surface area contributed by atoms with Crippen LogP contribution in [0.2, 0.25) is 25.7 Å². The number of rotatable bonds is 9. The molecule has 200 valence electrons. The van der Waals surface area contributed by atoms with Crippen molar-refractivity contribution in [1.29, 1.82) is 0 Å². The zero-order valence-corrected chi connectivity index (χ0v) is 24.6. The van der Waals surface area contributed by atoms with E-state index in [2.05, 4.69) is 63.7 Å². The second-order valence-corrected chi connectivity index (χ2v) is 18.3. The zero-order valence-electron chi connectivity index (χ0n) is 22.8. The van der Waals surface area contributed by atoms with Crippen molar-refractivity contribution in [1.82, 2.24) is 25.1 Å². The Bertz CT molecular complexity index is 1180. The van der Waals surface area contributed by atoms with Crippen LogP contribution in [0.3, 0.4) is 0 Å². The molecule has 0 amide bonds. The maximum absolute atomic E-state index is 6.20. The number of fused-ring (bicyclic) bond motifs is 1. The van der Waals surface area contributed by atoms with E-state index in [4.69, 9.17) is 14.7 Å². The van der Waals surface area contributed by atoms with Crippen LogP contribution in [0, 0.1) is 0 Å². The van der Waals surface area contributed by atoms with Gasteiger partial charge < -0.3 is 14.5 Å². The van der Waals surface area contributed by atoms with Gasteiger partial charge in [-0.15, -0.1) is 10.2 Å². The number of ether oxygens (including phenoxy) is 1. The minimum absolute atomic E-state index is 0.424. The summed E-state index contributed by atoms with van der Waals surface area (Å²) in [5.41, 5.74) is 2.95. The number of anilines is 3. The Labute approximate surface area is 226 Å². The second-order valence-electron chi connectivity index (χ2n) is 11.7. The van der Waals surface area contributed by atoms with Gasteiger partial charge in [-0.1, -0.05) is 43.8 Å². The van der Waals surface area contributed by atoms with Crippen LogP contribution in [0.25, 0.3) is 11.0 Å². The van der Waals surface area contributed by atoms with Gasteiger partial charge in [-0.05, 0) is 57.1 Å². The maximum atomic E-state index is 6.20. The van der Waals surface area contributed by atoms with Crippen molar-refractivity contribution in [3.8, 4) is 0 Å². The predicted molar refractivity (Wildman–Crippen MR) is 156 cm³/mol. The average Bonchev–Trinajstić information content (AvgIpc) is 3.53. The molecule has 4 heterocycles. The first-order valence-electron chi connectivity index (χ1n) is 13.7. The van der Waals surface area contributed by atoms with Crippen LogP contribution < -0.4 is 9.80 Å². The van der Waals surface area contributed by atoms with Crippen LogP contribution in [0.15, 0.2) is 24.4 Å². The van der Waals surface area contributed by atoms with E-state index < -0.39 is 8.07 Å². The van der Waals surface area contributed by atoms with Crippen molar-refractivity contribution in [2.24, 2.45) is 0 Å². The molecule has 0 spiro atoms. The van der Waals surface area contributed by atoms with E-state index in [9.17, 15) is 0 Å². The van der Waals surface area contributed by atoms with Crippen molar-refractivity contribution in [3.63, 3.8) is 0 Å². The highest BCUT2D eigenvalue weighted by Crippen LogP contribution is 2.38. The summed E-state index contributed by atoms with van der Waals surface area (Å²) in [6.45, 7) is 12.6. The monoisotopic (exact) mass is 539 g/mol. The molecule has 0 aromatic carbocycles. The Morgan fingerprint density at radius 2 is 1.86 bits per heavy atom. The third-order valence-electron chi connectivity index (χ3n) is 7.45. The molecule has 1 aliphatic heterocycles. The van der Waals surface area contributed by atoms with E-state index in [1.807, 2.05) is 12.3 Å². The Hall–Kier alpha value is -2.14. The summed E-state index contributed by atoms with van der Waals surface area (Å²) in [5, 5.41) is 11.2. The van der Waals surface area contributed by atoms with Crippen molar-refractivity contribution in [2.75, 3.05) is 56.4 Å². The number of pyridine rings is 2. The molecule has 3 aromatic heterocycles. The third kappa shape index (κ3) is 6.84. The molecule has 8 nitrogen and oxygen atoms in total. The first-order chi connectivity index (χ1) is 17.9. The molecule has 2 aliphatic rings. The zero-order chi connectivity index (χ0) is 25.8. The van der Waals surface area contributed by atoms with Crippen LogP contribution in [-0.4, -0.2) is 79.7 Å². The fourth-order valence-corrected chi connectivity index (χ4v) is 6.81. The van der Waals surface area contributed by atoms with Crippen LogP contribution >= 0.6 is 11.3 Å². The second kappa shape index (κ2) is 11.7. The normalized spacial score (nSPS) is 18.0. The lowest BCUT2D eigenvalue weighted by Crippen LogP contribution is -2.28. The van der Waals surface area contributed by atoms with Gasteiger partial charge in [0.15, 0.2) is 0 Å². The number of likely N-dealkylation sites (N-methyl/N-ethyl adjacent to an activating group) is 1. The van der Waals surface area contributed by atoms with Gasteiger partial charge in [0, 0.05) is 40.2 Å². The molecule has 5 rings (SSSR count). The van der Waals surface area contributed by atoms with Crippen LogP contribution in [0.5, 0.6) is 0 Å². The minimum Gasteiger partial charge on any atom is -0.369 e. The van der Waals surface area contributed by atoms with E-state index in [1.54, 1.807) is 11.3 Å². The molecule has 2 fully saturated rings. The van der Waals surface area contributed by atoms with E-state index >= 15 is 0 Å². The lowest BCUT2D eigenvalue weighted by molar-refractivity contribution is 0.153. The Balaban J connectivity index is 1.41. The first kappa shape index (κ1) is 26.5. The molecule has 10 heteroatoms. The smallest absolute Gasteiger partial charge is 0.215 e. The minimum atomic E-state index is -1.17. The largest absolute Gasteiger partial charge is 0.369 e. The van der Waals surface area contributed by atoms with Crippen LogP contribution in [0.4, 0.5) is 16.6 Å². The molecule has 0 unspecified atom stereocenters. The molecule has 0 N–H and O–H groups in total. The molecule has 0 radical (unpaired) electrons. The summed E-state index contributed by atoms with van der Waals surface area (Å²) in [5.74, 6) is 1.38. The fourth-order valence-electron chi connectivity index (χ4n) is 5.04. The molecule has 1 aliphatic carbocycles. The van der Waals surface area contributed by atoms with E-state index in [-0.39, 0.29) is 0 Å². The Morgan fingerprint density at radius 3 is 2.68 bits per heavy atom. The van der Waals surface area contributed by atoms with Crippen molar-refractivity contribution < 1.29 is 4.74 Å². The highest BCUT2D eigenvalue weighted by Gasteiger charge is 2.24. The highest BCUT2D eigenvalue weighted by atomic mass is 32.1. The van der Waals surface area contributed by atoms with Gasteiger partial charge in [-0.25, -0.2) is 4.98 Å². The predicted octanol–water partition coefficient (Wildman–Crippen LogP) is 5.73. The summed E-state index contributed by atoms with van der Waals surface area (Å²) >= 11 is 1.69. The summed E-state index contributed by atoms with van der Waals surface area (Å²) in [6.07, 6.45) is 8.17. The lowest BCUT2D eigenvalue weighted by atomic mass is 10.1. The molecule has 0 atom stereocenters. The van der Waals surface area contributed by atoms with E-state index in [1.165, 1.54) is 25.7 Å². The molecule has 1 saturated carbocycles. The van der Waals surface area contributed by atoms with Crippen molar-refractivity contribution in [2.45, 2.75) is 63.7 Å². The molecule has 3 aromatic rings. The quantitative estimate of drug-likeness (QED) is 0.194. The van der Waals surface area contributed by atoms with Crippen LogP contribution in [0.1, 0.15) is 43.0 Å². The number of hydrogen-bond acceptors (Lipinski definition) is 9. The van der Waals surface area contributed by atoms with Crippen molar-refractivity contribution >= 4 is 47.1 Å². The van der Waals surface area contributed by atoms with Crippen LogP contribution in [-0.2, 0) is 4.74 Å². The number of aromatic nitrogens is 4. The molecular formula is C27H41N7OSSi. The SMILES string of the molecule is CN1CCCN(c2cnc3ccc(N(COCC[Si](C)(C)C)c4nnc(C5CCCC5)s4)nc3c2)CC1. The molecule has 37 heavy (non-hydrogen) atoms. The van der Waals surface area contributed by atoms with E-state index in [0.29, 0.717) is 12.6 Å². The van der Waals surface area contributed by atoms with Gasteiger partial charge in [0.1, 0.15) is 17.6 Å². The summed E-state index contributed by atoms with van der Waals surface area (Å²) < 4.78 is 6.20.